The van der Waals surface area contributed by atoms with Gasteiger partial charge in [-0.3, -0.25) is 9.59 Å². The van der Waals surface area contributed by atoms with Crippen LogP contribution in [-0.4, -0.2) is 75.4 Å². The lowest BCUT2D eigenvalue weighted by atomic mass is 10.1. The summed E-state index contributed by atoms with van der Waals surface area (Å²) in [6.07, 6.45) is 0.210. The molecule has 0 spiro atoms. The third-order valence-corrected chi connectivity index (χ3v) is 7.39. The maximum Gasteiger partial charge on any atom is 0.243 e. The zero-order valence-corrected chi connectivity index (χ0v) is 19.3. The molecule has 1 N–H and O–H groups in total. The number of benzene rings is 1. The van der Waals surface area contributed by atoms with Crippen LogP contribution in [0, 0.1) is 20.8 Å². The van der Waals surface area contributed by atoms with Crippen molar-refractivity contribution in [3.8, 4) is 0 Å². The van der Waals surface area contributed by atoms with Gasteiger partial charge in [-0.25, -0.2) is 8.42 Å². The highest BCUT2D eigenvalue weighted by atomic mass is 32.2. The summed E-state index contributed by atoms with van der Waals surface area (Å²) < 4.78 is 32.7. The number of ether oxygens (including phenoxy) is 1. The van der Waals surface area contributed by atoms with Crippen molar-refractivity contribution >= 4 is 21.8 Å². The monoisotopic (exact) mass is 439 g/mol. The fourth-order valence-corrected chi connectivity index (χ4v) is 5.73. The van der Waals surface area contributed by atoms with Crippen molar-refractivity contribution in [3.63, 3.8) is 0 Å². The fourth-order valence-electron chi connectivity index (χ4n) is 3.90. The first-order valence-corrected chi connectivity index (χ1v) is 11.6. The number of carbonyl (C=O) groups is 2. The van der Waals surface area contributed by atoms with Crippen LogP contribution in [0.3, 0.4) is 0 Å². The minimum absolute atomic E-state index is 0.104. The number of rotatable bonds is 8. The molecule has 9 heteroatoms. The second kappa shape index (κ2) is 10.4. The summed E-state index contributed by atoms with van der Waals surface area (Å²) in [7, 11) is -2.05. The van der Waals surface area contributed by atoms with E-state index in [9.17, 15) is 18.0 Å². The van der Waals surface area contributed by atoms with Crippen molar-refractivity contribution in [3.05, 3.63) is 28.8 Å². The first kappa shape index (κ1) is 24.3. The van der Waals surface area contributed by atoms with Gasteiger partial charge in [0.25, 0.3) is 0 Å². The van der Waals surface area contributed by atoms with Gasteiger partial charge in [0.15, 0.2) is 0 Å². The maximum absolute atomic E-state index is 13.1. The SMILES string of the molecule is COCC(C)NC(=O)CCC(=O)N1CCN(S(=O)(=O)c2c(C)cc(C)cc2C)CC1. The molecule has 0 aliphatic carbocycles. The number of nitrogens with one attached hydrogen (secondary N) is 1. The Morgan fingerprint density at radius 1 is 1.07 bits per heavy atom. The Bertz CT molecular complexity index is 854. The van der Waals surface area contributed by atoms with E-state index in [0.717, 1.165) is 16.7 Å². The molecule has 1 heterocycles. The van der Waals surface area contributed by atoms with Gasteiger partial charge >= 0.3 is 0 Å². The first-order chi connectivity index (χ1) is 14.1. The van der Waals surface area contributed by atoms with Crippen molar-refractivity contribution in [1.29, 1.82) is 0 Å². The molecule has 1 aliphatic heterocycles. The van der Waals surface area contributed by atoms with Gasteiger partial charge in [-0.05, 0) is 38.8 Å². The highest BCUT2D eigenvalue weighted by molar-refractivity contribution is 7.89. The Balaban J connectivity index is 1.91. The van der Waals surface area contributed by atoms with Gasteiger partial charge in [0, 0.05) is 52.2 Å². The fraction of sp³-hybridized carbons (Fsp3) is 0.619. The van der Waals surface area contributed by atoms with Crippen molar-refractivity contribution < 1.29 is 22.7 Å². The van der Waals surface area contributed by atoms with Crippen LogP contribution in [0.2, 0.25) is 0 Å². The van der Waals surface area contributed by atoms with Crippen LogP contribution in [0.25, 0.3) is 0 Å². The van der Waals surface area contributed by atoms with Gasteiger partial charge in [0.05, 0.1) is 11.5 Å². The van der Waals surface area contributed by atoms with Crippen LogP contribution in [0.1, 0.15) is 36.5 Å². The molecule has 2 amide bonds. The second-order valence-electron chi connectivity index (χ2n) is 7.94. The topological polar surface area (TPSA) is 96.0 Å². The molecule has 1 aromatic carbocycles. The van der Waals surface area contributed by atoms with E-state index in [1.807, 2.05) is 39.8 Å². The van der Waals surface area contributed by atoms with Gasteiger partial charge in [0.1, 0.15) is 0 Å². The molecule has 1 atom stereocenters. The number of aryl methyl sites for hydroxylation is 3. The first-order valence-electron chi connectivity index (χ1n) is 10.2. The van der Waals surface area contributed by atoms with Gasteiger partial charge in [-0.15, -0.1) is 0 Å². The van der Waals surface area contributed by atoms with Crippen molar-refractivity contribution in [2.24, 2.45) is 0 Å². The van der Waals surface area contributed by atoms with E-state index in [1.54, 1.807) is 12.0 Å². The number of hydrogen-bond donors (Lipinski definition) is 1. The molecule has 0 bridgehead atoms. The van der Waals surface area contributed by atoms with E-state index in [-0.39, 0.29) is 43.8 Å². The number of hydrogen-bond acceptors (Lipinski definition) is 5. The summed E-state index contributed by atoms with van der Waals surface area (Å²) in [6, 6.07) is 3.64. The number of amides is 2. The molecule has 2 rings (SSSR count). The van der Waals surface area contributed by atoms with Crippen LogP contribution >= 0.6 is 0 Å². The van der Waals surface area contributed by atoms with E-state index in [4.69, 9.17) is 4.74 Å². The third kappa shape index (κ3) is 6.02. The summed E-state index contributed by atoms with van der Waals surface area (Å²) in [5.41, 5.74) is 2.50. The van der Waals surface area contributed by atoms with Gasteiger partial charge < -0.3 is 15.0 Å². The van der Waals surface area contributed by atoms with E-state index >= 15 is 0 Å². The number of carbonyl (C=O) groups excluding carboxylic acids is 2. The molecular weight excluding hydrogens is 406 g/mol. The van der Waals surface area contributed by atoms with E-state index in [2.05, 4.69) is 5.32 Å². The Morgan fingerprint density at radius 3 is 2.17 bits per heavy atom. The molecule has 8 nitrogen and oxygen atoms in total. The highest BCUT2D eigenvalue weighted by Crippen LogP contribution is 2.26. The standard InChI is InChI=1S/C21H33N3O5S/c1-15-12-16(2)21(17(3)13-15)30(27,28)24-10-8-23(9-11-24)20(26)7-6-19(25)22-18(4)14-29-5/h12-13,18H,6-11,14H2,1-5H3,(H,22,25). The van der Waals surface area contributed by atoms with Crippen LogP contribution in [0.4, 0.5) is 0 Å². The molecule has 0 radical (unpaired) electrons. The van der Waals surface area contributed by atoms with Crippen LogP contribution in [-0.2, 0) is 24.3 Å². The van der Waals surface area contributed by atoms with E-state index < -0.39 is 10.0 Å². The minimum Gasteiger partial charge on any atom is -0.383 e. The minimum atomic E-state index is -3.61. The van der Waals surface area contributed by atoms with Crippen LogP contribution in [0.5, 0.6) is 0 Å². The zero-order chi connectivity index (χ0) is 22.5. The number of methoxy groups -OCH3 is 1. The van der Waals surface area contributed by atoms with Crippen LogP contribution < -0.4 is 5.32 Å². The second-order valence-corrected chi connectivity index (χ2v) is 9.81. The summed E-state index contributed by atoms with van der Waals surface area (Å²) in [4.78, 5) is 26.3. The van der Waals surface area contributed by atoms with Gasteiger partial charge in [-0.2, -0.15) is 4.31 Å². The predicted octanol–water partition coefficient (Wildman–Crippen LogP) is 1.38. The molecule has 0 aromatic heterocycles. The lowest BCUT2D eigenvalue weighted by molar-refractivity contribution is -0.134. The Morgan fingerprint density at radius 2 is 1.63 bits per heavy atom. The molecule has 168 valence electrons. The maximum atomic E-state index is 13.1. The number of piperazine rings is 1. The molecule has 1 saturated heterocycles. The average Bonchev–Trinajstić information content (AvgIpc) is 2.65. The van der Waals surface area contributed by atoms with Gasteiger partial charge in [0.2, 0.25) is 21.8 Å². The van der Waals surface area contributed by atoms with Crippen molar-refractivity contribution in [1.82, 2.24) is 14.5 Å². The van der Waals surface area contributed by atoms with Crippen molar-refractivity contribution in [2.45, 2.75) is 51.5 Å². The molecule has 1 aliphatic rings. The largest absolute Gasteiger partial charge is 0.383 e. The third-order valence-electron chi connectivity index (χ3n) is 5.18. The van der Waals surface area contributed by atoms with E-state index in [1.165, 1.54) is 4.31 Å². The van der Waals surface area contributed by atoms with Crippen molar-refractivity contribution in [2.75, 3.05) is 39.9 Å². The lowest BCUT2D eigenvalue weighted by Gasteiger charge is -2.34. The number of nitrogens with zero attached hydrogens (tertiary/aromatic N) is 2. The molecule has 1 unspecified atom stereocenters. The highest BCUT2D eigenvalue weighted by Gasteiger charge is 2.32. The zero-order valence-electron chi connectivity index (χ0n) is 18.5. The molecule has 0 saturated carbocycles. The van der Waals surface area contributed by atoms with Crippen LogP contribution in [0.15, 0.2) is 17.0 Å². The summed E-state index contributed by atoms with van der Waals surface area (Å²) in [5, 5.41) is 2.78. The van der Waals surface area contributed by atoms with E-state index in [0.29, 0.717) is 24.6 Å². The normalized spacial score (nSPS) is 16.4. The average molecular weight is 440 g/mol. The summed E-state index contributed by atoms with van der Waals surface area (Å²) in [6.45, 7) is 8.95. The smallest absolute Gasteiger partial charge is 0.243 e. The summed E-state index contributed by atoms with van der Waals surface area (Å²) >= 11 is 0. The molecule has 1 fully saturated rings. The predicted molar refractivity (Wildman–Crippen MR) is 115 cm³/mol. The van der Waals surface area contributed by atoms with Gasteiger partial charge in [-0.1, -0.05) is 17.7 Å². The Hall–Kier alpha value is -1.97. The molecular formula is C21H33N3O5S. The molecule has 1 aromatic rings. The number of sulfonamides is 1. The summed E-state index contributed by atoms with van der Waals surface area (Å²) in [5.74, 6) is -0.330. The lowest BCUT2D eigenvalue weighted by Crippen LogP contribution is -2.50. The Kier molecular flexibility index (Phi) is 8.40. The quantitative estimate of drug-likeness (QED) is 0.660. The molecule has 30 heavy (non-hydrogen) atoms. The Labute approximate surface area is 179 Å².